The quantitative estimate of drug-likeness (QED) is 0.910. The number of H-pyrrole nitrogens is 1. The summed E-state index contributed by atoms with van der Waals surface area (Å²) < 4.78 is 0. The monoisotopic (exact) mass is 286 g/mol. The van der Waals surface area contributed by atoms with Crippen LogP contribution in [0.25, 0.3) is 11.0 Å². The zero-order valence-corrected chi connectivity index (χ0v) is 13.4. The summed E-state index contributed by atoms with van der Waals surface area (Å²) in [5, 5.41) is 3.40. The van der Waals surface area contributed by atoms with Crippen molar-refractivity contribution >= 4 is 11.0 Å². The average Bonchev–Trinajstić information content (AvgIpc) is 2.89. The van der Waals surface area contributed by atoms with Crippen molar-refractivity contribution in [1.29, 1.82) is 0 Å². The summed E-state index contributed by atoms with van der Waals surface area (Å²) in [6.07, 6.45) is 1.11. The van der Waals surface area contributed by atoms with E-state index in [1.54, 1.807) is 0 Å². The standard InChI is InChI=1S/C17H26N4/c1-17(2,3)16-19-14-5-4-13(12-15(14)20-16)6-9-21-10-7-18-8-11-21/h4-5,12,18H,6-11H2,1-3H3,(H,19,20). The van der Waals surface area contributed by atoms with Crippen LogP contribution < -0.4 is 5.32 Å². The molecule has 0 atom stereocenters. The van der Waals surface area contributed by atoms with Gasteiger partial charge >= 0.3 is 0 Å². The lowest BCUT2D eigenvalue weighted by Gasteiger charge is -2.27. The van der Waals surface area contributed by atoms with Crippen LogP contribution in [0.1, 0.15) is 32.2 Å². The number of aromatic nitrogens is 2. The van der Waals surface area contributed by atoms with E-state index >= 15 is 0 Å². The highest BCUT2D eigenvalue weighted by Crippen LogP contribution is 2.23. The highest BCUT2D eigenvalue weighted by molar-refractivity contribution is 5.76. The molecular formula is C17H26N4. The van der Waals surface area contributed by atoms with Crippen LogP contribution >= 0.6 is 0 Å². The summed E-state index contributed by atoms with van der Waals surface area (Å²) in [5.74, 6) is 1.07. The van der Waals surface area contributed by atoms with Crippen LogP contribution in [0.3, 0.4) is 0 Å². The first kappa shape index (κ1) is 14.5. The molecule has 0 bridgehead atoms. The van der Waals surface area contributed by atoms with E-state index < -0.39 is 0 Å². The largest absolute Gasteiger partial charge is 0.342 e. The lowest BCUT2D eigenvalue weighted by molar-refractivity contribution is 0.244. The van der Waals surface area contributed by atoms with E-state index in [9.17, 15) is 0 Å². The van der Waals surface area contributed by atoms with Crippen LogP contribution in [0.15, 0.2) is 18.2 Å². The third-order valence-corrected chi connectivity index (χ3v) is 4.18. The third kappa shape index (κ3) is 3.44. The fourth-order valence-electron chi connectivity index (χ4n) is 2.79. The summed E-state index contributed by atoms with van der Waals surface area (Å²) in [5.41, 5.74) is 3.70. The van der Waals surface area contributed by atoms with Gasteiger partial charge in [0, 0.05) is 38.1 Å². The maximum atomic E-state index is 4.70. The Labute approximate surface area is 126 Å². The molecule has 0 unspecified atom stereocenters. The maximum Gasteiger partial charge on any atom is 0.112 e. The second-order valence-electron chi connectivity index (χ2n) is 7.03. The Morgan fingerprint density at radius 1 is 1.19 bits per heavy atom. The minimum atomic E-state index is 0.0694. The second-order valence-corrected chi connectivity index (χ2v) is 7.03. The van der Waals surface area contributed by atoms with E-state index in [2.05, 4.69) is 54.2 Å². The van der Waals surface area contributed by atoms with Crippen molar-refractivity contribution in [2.24, 2.45) is 0 Å². The number of piperazine rings is 1. The van der Waals surface area contributed by atoms with Crippen LogP contribution in [0, 0.1) is 0 Å². The van der Waals surface area contributed by atoms with Gasteiger partial charge < -0.3 is 15.2 Å². The summed E-state index contributed by atoms with van der Waals surface area (Å²) in [6, 6.07) is 6.63. The summed E-state index contributed by atoms with van der Waals surface area (Å²) in [7, 11) is 0. The number of aromatic amines is 1. The van der Waals surface area contributed by atoms with E-state index in [0.29, 0.717) is 0 Å². The molecular weight excluding hydrogens is 260 g/mol. The molecule has 2 N–H and O–H groups in total. The summed E-state index contributed by atoms with van der Waals surface area (Å²) >= 11 is 0. The SMILES string of the molecule is CC(C)(C)c1nc2ccc(CCN3CCNCC3)cc2[nH]1. The Balaban J connectivity index is 1.71. The molecule has 4 heteroatoms. The van der Waals surface area contributed by atoms with Crippen molar-refractivity contribution in [2.75, 3.05) is 32.7 Å². The number of benzene rings is 1. The predicted octanol–water partition coefficient (Wildman–Crippen LogP) is 2.31. The van der Waals surface area contributed by atoms with E-state index in [1.165, 1.54) is 18.7 Å². The molecule has 3 rings (SSSR count). The first-order chi connectivity index (χ1) is 10.0. The van der Waals surface area contributed by atoms with Gasteiger partial charge in [-0.05, 0) is 24.1 Å². The number of rotatable bonds is 3. The molecule has 4 nitrogen and oxygen atoms in total. The smallest absolute Gasteiger partial charge is 0.112 e. The van der Waals surface area contributed by atoms with E-state index in [1.807, 2.05) is 0 Å². The van der Waals surface area contributed by atoms with Gasteiger partial charge in [0.05, 0.1) is 11.0 Å². The van der Waals surface area contributed by atoms with Crippen LogP contribution in [0.2, 0.25) is 0 Å². The Bertz CT molecular complexity index is 603. The van der Waals surface area contributed by atoms with E-state index in [4.69, 9.17) is 4.98 Å². The number of imidazole rings is 1. The van der Waals surface area contributed by atoms with Crippen molar-refractivity contribution in [2.45, 2.75) is 32.6 Å². The van der Waals surface area contributed by atoms with Crippen LogP contribution in [-0.2, 0) is 11.8 Å². The minimum Gasteiger partial charge on any atom is -0.342 e. The highest BCUT2D eigenvalue weighted by atomic mass is 15.2. The zero-order valence-electron chi connectivity index (χ0n) is 13.4. The van der Waals surface area contributed by atoms with Gasteiger partial charge in [-0.2, -0.15) is 0 Å². The Kier molecular flexibility index (Phi) is 4.00. The van der Waals surface area contributed by atoms with Crippen LogP contribution in [0.5, 0.6) is 0 Å². The second kappa shape index (κ2) is 5.78. The average molecular weight is 286 g/mol. The van der Waals surface area contributed by atoms with Gasteiger partial charge in [-0.1, -0.05) is 26.8 Å². The molecule has 0 amide bonds. The van der Waals surface area contributed by atoms with Crippen molar-refractivity contribution in [3.63, 3.8) is 0 Å². The number of nitrogens with one attached hydrogen (secondary N) is 2. The van der Waals surface area contributed by atoms with Gasteiger partial charge in [0.2, 0.25) is 0 Å². The molecule has 2 aromatic rings. The molecule has 2 heterocycles. The molecule has 1 saturated heterocycles. The Morgan fingerprint density at radius 2 is 1.95 bits per heavy atom. The lowest BCUT2D eigenvalue weighted by atomic mass is 9.96. The van der Waals surface area contributed by atoms with Crippen molar-refractivity contribution < 1.29 is 0 Å². The first-order valence-corrected chi connectivity index (χ1v) is 7.94. The zero-order chi connectivity index (χ0) is 14.9. The van der Waals surface area contributed by atoms with Gasteiger partial charge in [-0.15, -0.1) is 0 Å². The van der Waals surface area contributed by atoms with Crippen molar-refractivity contribution in [3.8, 4) is 0 Å². The van der Waals surface area contributed by atoms with Crippen LogP contribution in [0.4, 0.5) is 0 Å². The van der Waals surface area contributed by atoms with Gasteiger partial charge in [0.15, 0.2) is 0 Å². The number of hydrogen-bond donors (Lipinski definition) is 2. The van der Waals surface area contributed by atoms with Crippen molar-refractivity contribution in [1.82, 2.24) is 20.2 Å². The first-order valence-electron chi connectivity index (χ1n) is 7.94. The molecule has 1 fully saturated rings. The van der Waals surface area contributed by atoms with Crippen LogP contribution in [-0.4, -0.2) is 47.6 Å². The fourth-order valence-corrected chi connectivity index (χ4v) is 2.79. The summed E-state index contributed by atoms with van der Waals surface area (Å²) in [4.78, 5) is 10.7. The van der Waals surface area contributed by atoms with E-state index in [-0.39, 0.29) is 5.41 Å². The fraction of sp³-hybridized carbons (Fsp3) is 0.588. The molecule has 0 saturated carbocycles. The maximum absolute atomic E-state index is 4.70. The Hall–Kier alpha value is -1.39. The summed E-state index contributed by atoms with van der Waals surface area (Å²) in [6.45, 7) is 12.3. The number of nitrogens with zero attached hydrogens (tertiary/aromatic N) is 2. The molecule has 0 spiro atoms. The lowest BCUT2D eigenvalue weighted by Crippen LogP contribution is -2.44. The van der Waals surface area contributed by atoms with Gasteiger partial charge in [0.25, 0.3) is 0 Å². The molecule has 114 valence electrons. The molecule has 21 heavy (non-hydrogen) atoms. The highest BCUT2D eigenvalue weighted by Gasteiger charge is 2.18. The van der Waals surface area contributed by atoms with Crippen molar-refractivity contribution in [3.05, 3.63) is 29.6 Å². The molecule has 1 aliphatic heterocycles. The normalized spacial score (nSPS) is 17.5. The topological polar surface area (TPSA) is 44.0 Å². The van der Waals surface area contributed by atoms with Gasteiger partial charge in [-0.3, -0.25) is 0 Å². The number of hydrogen-bond acceptors (Lipinski definition) is 3. The molecule has 0 aliphatic carbocycles. The third-order valence-electron chi connectivity index (χ3n) is 4.18. The van der Waals surface area contributed by atoms with Gasteiger partial charge in [-0.25, -0.2) is 4.98 Å². The molecule has 0 radical (unpaired) electrons. The number of fused-ring (bicyclic) bond motifs is 1. The Morgan fingerprint density at radius 3 is 2.67 bits per heavy atom. The van der Waals surface area contributed by atoms with E-state index in [0.717, 1.165) is 42.9 Å². The minimum absolute atomic E-state index is 0.0694. The predicted molar refractivity (Wildman–Crippen MR) is 87.8 cm³/mol. The van der Waals surface area contributed by atoms with Gasteiger partial charge in [0.1, 0.15) is 5.82 Å². The molecule has 1 aliphatic rings. The molecule has 1 aromatic carbocycles. The molecule has 1 aromatic heterocycles.